The van der Waals surface area contributed by atoms with E-state index in [0.717, 1.165) is 12.7 Å². The van der Waals surface area contributed by atoms with Crippen molar-refractivity contribution in [3.63, 3.8) is 0 Å². The molecule has 3 rings (SSSR count). The molecule has 23 heavy (non-hydrogen) atoms. The highest BCUT2D eigenvalue weighted by Gasteiger charge is 2.55. The van der Waals surface area contributed by atoms with Crippen molar-refractivity contribution < 1.29 is 22.6 Å². The first-order valence-corrected chi connectivity index (χ1v) is 9.13. The summed E-state index contributed by atoms with van der Waals surface area (Å²) in [6.07, 6.45) is 1.92. The van der Waals surface area contributed by atoms with Crippen molar-refractivity contribution in [3.8, 4) is 11.9 Å². The molecule has 0 unspecified atom stereocenters. The lowest BCUT2D eigenvalue weighted by Gasteiger charge is -2.47. The number of rotatable bonds is 6. The van der Waals surface area contributed by atoms with Crippen LogP contribution in [-0.4, -0.2) is 63.7 Å². The summed E-state index contributed by atoms with van der Waals surface area (Å²) in [5.41, 5.74) is 0. The van der Waals surface area contributed by atoms with Gasteiger partial charge < -0.3 is 19.5 Å². The minimum absolute atomic E-state index is 0.104. The number of fused-ring (bicyclic) bond motifs is 1. The van der Waals surface area contributed by atoms with E-state index in [1.807, 2.05) is 0 Å². The monoisotopic (exact) mass is 344 g/mol. The van der Waals surface area contributed by atoms with E-state index in [1.165, 1.54) is 14.2 Å². The van der Waals surface area contributed by atoms with E-state index in [9.17, 15) is 8.42 Å². The van der Waals surface area contributed by atoms with E-state index >= 15 is 0 Å². The predicted octanol–water partition coefficient (Wildman–Crippen LogP) is -0.389. The Morgan fingerprint density at radius 3 is 2.70 bits per heavy atom. The first-order valence-electron chi connectivity index (χ1n) is 7.24. The van der Waals surface area contributed by atoms with Crippen molar-refractivity contribution >= 4 is 15.8 Å². The Bertz CT molecular complexity index is 661. The van der Waals surface area contributed by atoms with Crippen LogP contribution in [0.25, 0.3) is 0 Å². The molecule has 0 bridgehead atoms. The Kier molecular flexibility index (Phi) is 4.30. The van der Waals surface area contributed by atoms with E-state index in [1.54, 1.807) is 6.07 Å². The van der Waals surface area contributed by atoms with Gasteiger partial charge in [0.25, 0.3) is 0 Å². The Balaban J connectivity index is 1.80. The van der Waals surface area contributed by atoms with Gasteiger partial charge in [-0.15, -0.1) is 0 Å². The van der Waals surface area contributed by atoms with Gasteiger partial charge >= 0.3 is 6.01 Å². The van der Waals surface area contributed by atoms with Crippen molar-refractivity contribution in [3.05, 3.63) is 6.07 Å². The lowest BCUT2D eigenvalue weighted by atomic mass is 9.72. The average Bonchev–Trinajstić information content (AvgIpc) is 2.94. The Labute approximate surface area is 134 Å². The highest BCUT2D eigenvalue weighted by atomic mass is 32.2. The maximum absolute atomic E-state index is 11.6. The van der Waals surface area contributed by atoms with E-state index in [4.69, 9.17) is 14.2 Å². The van der Waals surface area contributed by atoms with Gasteiger partial charge in [0.05, 0.1) is 38.7 Å². The molecule has 2 aliphatic rings. The maximum atomic E-state index is 11.6. The highest BCUT2D eigenvalue weighted by Crippen LogP contribution is 2.41. The molecule has 0 spiro atoms. The van der Waals surface area contributed by atoms with Gasteiger partial charge in [0.15, 0.2) is 0 Å². The summed E-state index contributed by atoms with van der Waals surface area (Å²) in [4.78, 5) is 8.26. The molecule has 1 saturated carbocycles. The van der Waals surface area contributed by atoms with Crippen LogP contribution in [0.1, 0.15) is 6.42 Å². The lowest BCUT2D eigenvalue weighted by molar-refractivity contribution is -0.00319. The van der Waals surface area contributed by atoms with E-state index in [-0.39, 0.29) is 30.1 Å². The summed E-state index contributed by atoms with van der Waals surface area (Å²) in [5, 5.41) is 3.25. The summed E-state index contributed by atoms with van der Waals surface area (Å²) < 4.78 is 41.5. The van der Waals surface area contributed by atoms with Gasteiger partial charge in [-0.25, -0.2) is 13.1 Å². The second kappa shape index (κ2) is 6.10. The lowest BCUT2D eigenvalue weighted by Crippen LogP contribution is -2.68. The molecule has 2 heterocycles. The quantitative estimate of drug-likeness (QED) is 0.718. The number of sulfonamides is 1. The van der Waals surface area contributed by atoms with Crippen LogP contribution in [0.2, 0.25) is 0 Å². The minimum atomic E-state index is -3.33. The molecule has 4 atom stereocenters. The zero-order chi connectivity index (χ0) is 16.6. The van der Waals surface area contributed by atoms with Crippen LogP contribution in [-0.2, 0) is 14.8 Å². The van der Waals surface area contributed by atoms with Gasteiger partial charge in [-0.3, -0.25) is 0 Å². The fraction of sp³-hybridized carbons (Fsp3) is 0.692. The first-order chi connectivity index (χ1) is 10.9. The third-order valence-electron chi connectivity index (χ3n) is 4.12. The molecular weight excluding hydrogens is 324 g/mol. The second-order valence-electron chi connectivity index (χ2n) is 5.66. The van der Waals surface area contributed by atoms with Gasteiger partial charge in [-0.1, -0.05) is 0 Å². The van der Waals surface area contributed by atoms with Crippen molar-refractivity contribution in [1.82, 2.24) is 14.7 Å². The number of nitrogens with one attached hydrogen (secondary N) is 2. The zero-order valence-corrected chi connectivity index (χ0v) is 14.0. The van der Waals surface area contributed by atoms with Crippen LogP contribution in [0, 0.1) is 5.92 Å². The molecular formula is C13H20N4O5S. The van der Waals surface area contributed by atoms with E-state index < -0.39 is 10.0 Å². The fourth-order valence-electron chi connectivity index (χ4n) is 3.14. The highest BCUT2D eigenvalue weighted by molar-refractivity contribution is 7.88. The molecule has 2 fully saturated rings. The topological polar surface area (TPSA) is 112 Å². The predicted molar refractivity (Wildman–Crippen MR) is 82.2 cm³/mol. The molecule has 1 aliphatic carbocycles. The molecule has 1 saturated heterocycles. The van der Waals surface area contributed by atoms with E-state index in [0.29, 0.717) is 18.3 Å². The molecule has 0 amide bonds. The van der Waals surface area contributed by atoms with Gasteiger partial charge in [-0.05, 0) is 6.42 Å². The number of nitrogens with zero attached hydrogens (tertiary/aromatic N) is 2. The molecule has 1 aromatic rings. The molecule has 2 N–H and O–H groups in total. The first kappa shape index (κ1) is 16.2. The third kappa shape index (κ3) is 3.33. The van der Waals surface area contributed by atoms with Gasteiger partial charge in [0.1, 0.15) is 5.82 Å². The molecule has 1 aliphatic heterocycles. The molecule has 0 radical (unpaired) electrons. The number of hydrogen-bond donors (Lipinski definition) is 2. The summed E-state index contributed by atoms with van der Waals surface area (Å²) in [6.45, 7) is 0.631. The summed E-state index contributed by atoms with van der Waals surface area (Å²) >= 11 is 0. The van der Waals surface area contributed by atoms with Crippen LogP contribution >= 0.6 is 0 Å². The van der Waals surface area contributed by atoms with Crippen LogP contribution in [0.15, 0.2) is 6.07 Å². The number of anilines is 1. The molecule has 0 aromatic carbocycles. The largest absolute Gasteiger partial charge is 0.481 e. The number of ether oxygens (including phenoxy) is 3. The van der Waals surface area contributed by atoms with Gasteiger partial charge in [0.2, 0.25) is 15.9 Å². The van der Waals surface area contributed by atoms with Gasteiger partial charge in [0, 0.05) is 18.6 Å². The summed E-state index contributed by atoms with van der Waals surface area (Å²) in [7, 11) is -0.353. The second-order valence-corrected chi connectivity index (χ2v) is 7.44. The zero-order valence-electron chi connectivity index (χ0n) is 13.1. The standard InChI is InChI=1S/C13H20N4O5S/c1-20-9-6-8(15-13(16-9)21-2)14-10-7-4-5-22-12(7)11(10)17-23(3,18)19/h6-7,10-12,17H,4-5H2,1-3H3,(H,14,15,16)/t7-,10+,11-,12-/m1/s1. The van der Waals surface area contributed by atoms with E-state index in [2.05, 4.69) is 20.0 Å². The molecule has 10 heteroatoms. The van der Waals surface area contributed by atoms with Crippen LogP contribution in [0.3, 0.4) is 0 Å². The van der Waals surface area contributed by atoms with Crippen molar-refractivity contribution in [2.75, 3.05) is 32.4 Å². The number of aromatic nitrogens is 2. The molecule has 9 nitrogen and oxygen atoms in total. The van der Waals surface area contributed by atoms with Crippen molar-refractivity contribution in [2.45, 2.75) is 24.6 Å². The smallest absolute Gasteiger partial charge is 0.321 e. The number of methoxy groups -OCH3 is 2. The summed E-state index contributed by atoms with van der Waals surface area (Å²) in [5.74, 6) is 1.12. The van der Waals surface area contributed by atoms with Gasteiger partial charge in [-0.2, -0.15) is 9.97 Å². The minimum Gasteiger partial charge on any atom is -0.481 e. The summed E-state index contributed by atoms with van der Waals surface area (Å²) in [6, 6.07) is 1.38. The Hall–Kier alpha value is -1.65. The Morgan fingerprint density at radius 1 is 1.26 bits per heavy atom. The van der Waals surface area contributed by atoms with Crippen molar-refractivity contribution in [1.29, 1.82) is 0 Å². The van der Waals surface area contributed by atoms with Crippen molar-refractivity contribution in [2.24, 2.45) is 5.92 Å². The average molecular weight is 344 g/mol. The maximum Gasteiger partial charge on any atom is 0.321 e. The molecule has 128 valence electrons. The Morgan fingerprint density at radius 2 is 2.04 bits per heavy atom. The molecule has 1 aromatic heterocycles. The fourth-order valence-corrected chi connectivity index (χ4v) is 3.91. The van der Waals surface area contributed by atoms with Crippen LogP contribution in [0.5, 0.6) is 11.9 Å². The number of hydrogen-bond acceptors (Lipinski definition) is 8. The van der Waals surface area contributed by atoms with Crippen LogP contribution in [0.4, 0.5) is 5.82 Å². The normalized spacial score (nSPS) is 29.5. The third-order valence-corrected chi connectivity index (χ3v) is 4.82. The van der Waals surface area contributed by atoms with Crippen LogP contribution < -0.4 is 19.5 Å². The SMILES string of the molecule is COc1cc(N[C@H]2[C@H]3CCO[C@H]3[C@@H]2NS(C)(=O)=O)nc(OC)n1.